The molecule has 8 heteroatoms. The van der Waals surface area contributed by atoms with Gasteiger partial charge in [-0.25, -0.2) is 0 Å². The van der Waals surface area contributed by atoms with Crippen LogP contribution in [0.25, 0.3) is 0 Å². The standard InChI is InChI=1S/C12H11INO.C2HF3O2/c1-15-12-6-4-10(5-7-12)13-11-3-2-8-14-9-11;3-2(4,5)1(6)7/h2-9H,1H3;(H,6,7)/q+1;/p-1. The summed E-state index contributed by atoms with van der Waals surface area (Å²) in [5.74, 6) is -2.10. The summed E-state index contributed by atoms with van der Waals surface area (Å²) < 4.78 is 39.4. The third-order valence-electron chi connectivity index (χ3n) is 2.12. The van der Waals surface area contributed by atoms with Gasteiger partial charge in [-0.2, -0.15) is 13.2 Å². The molecule has 0 saturated carbocycles. The van der Waals surface area contributed by atoms with Gasteiger partial charge in [-0.1, -0.05) is 0 Å². The van der Waals surface area contributed by atoms with Gasteiger partial charge in [0.2, 0.25) is 3.57 Å². The molecule has 0 N–H and O–H groups in total. The number of alkyl halides is 3. The van der Waals surface area contributed by atoms with E-state index in [0.717, 1.165) is 5.75 Å². The van der Waals surface area contributed by atoms with Gasteiger partial charge in [0.25, 0.3) is 0 Å². The molecule has 1 aromatic carbocycles. The van der Waals surface area contributed by atoms with Crippen molar-refractivity contribution in [2.24, 2.45) is 0 Å². The van der Waals surface area contributed by atoms with E-state index in [1.54, 1.807) is 13.3 Å². The summed E-state index contributed by atoms with van der Waals surface area (Å²) in [6, 6.07) is 12.4. The molecular formula is C14H11F3INO3. The van der Waals surface area contributed by atoms with Crippen molar-refractivity contribution in [3.8, 4) is 5.75 Å². The number of rotatable bonds is 3. The molecule has 0 saturated heterocycles. The second kappa shape index (κ2) is 8.57. The van der Waals surface area contributed by atoms with E-state index in [1.807, 2.05) is 24.4 Å². The van der Waals surface area contributed by atoms with Gasteiger partial charge >= 0.3 is 27.4 Å². The number of carboxylic acid groups (broad SMARTS) is 1. The van der Waals surface area contributed by atoms with Crippen molar-refractivity contribution in [3.05, 3.63) is 55.9 Å². The van der Waals surface area contributed by atoms with Gasteiger partial charge in [0.1, 0.15) is 11.7 Å². The number of benzene rings is 1. The largest absolute Gasteiger partial charge is 0.542 e. The highest BCUT2D eigenvalue weighted by Gasteiger charge is 2.28. The van der Waals surface area contributed by atoms with E-state index < -0.39 is 12.1 Å². The molecule has 0 atom stereocenters. The monoisotopic (exact) mass is 425 g/mol. The van der Waals surface area contributed by atoms with E-state index in [0.29, 0.717) is 0 Å². The quantitative estimate of drug-likeness (QED) is 0.563. The number of carbonyl (C=O) groups is 1. The molecular weight excluding hydrogens is 414 g/mol. The van der Waals surface area contributed by atoms with Gasteiger partial charge in [0.05, 0.1) is 13.3 Å². The SMILES string of the molecule is COc1ccc([I+]c2cccnc2)cc1.O=C([O-])C(F)(F)F. The number of ether oxygens (including phenoxy) is 1. The lowest BCUT2D eigenvalue weighted by atomic mass is 10.3. The third kappa shape index (κ3) is 6.74. The first-order chi connectivity index (χ1) is 10.3. The highest BCUT2D eigenvalue weighted by Crippen LogP contribution is 2.11. The first-order valence-electron chi connectivity index (χ1n) is 5.80. The number of carboxylic acids is 1. The number of aliphatic carboxylic acids is 1. The smallest absolute Gasteiger partial charge is 0.430 e. The minimum Gasteiger partial charge on any atom is -0.542 e. The molecule has 22 heavy (non-hydrogen) atoms. The molecule has 1 heterocycles. The van der Waals surface area contributed by atoms with E-state index in [9.17, 15) is 13.2 Å². The molecule has 0 fully saturated rings. The lowest BCUT2D eigenvalue weighted by Gasteiger charge is -2.03. The Kier molecular flexibility index (Phi) is 7.09. The molecule has 2 rings (SSSR count). The Morgan fingerprint density at radius 1 is 1.18 bits per heavy atom. The van der Waals surface area contributed by atoms with Crippen LogP contribution in [0.5, 0.6) is 5.75 Å². The van der Waals surface area contributed by atoms with Gasteiger partial charge < -0.3 is 14.6 Å². The number of halogens is 4. The Balaban J connectivity index is 0.000000295. The van der Waals surface area contributed by atoms with Gasteiger partial charge in [-0.15, -0.1) is 0 Å². The van der Waals surface area contributed by atoms with Crippen molar-refractivity contribution < 1.29 is 49.0 Å². The van der Waals surface area contributed by atoms with E-state index >= 15 is 0 Å². The van der Waals surface area contributed by atoms with Crippen LogP contribution in [0.4, 0.5) is 13.2 Å². The van der Waals surface area contributed by atoms with Gasteiger partial charge in [0.15, 0.2) is 3.57 Å². The average molecular weight is 425 g/mol. The maximum atomic E-state index is 10.5. The number of nitrogens with zero attached hydrogens (tertiary/aromatic N) is 1. The Morgan fingerprint density at radius 3 is 2.18 bits per heavy atom. The summed E-state index contributed by atoms with van der Waals surface area (Å²) >= 11 is -0.107. The fraction of sp³-hybridized carbons (Fsp3) is 0.143. The minimum atomic E-state index is -5.19. The van der Waals surface area contributed by atoms with Crippen LogP contribution in [0.3, 0.4) is 0 Å². The Hall–Kier alpha value is -1.84. The van der Waals surface area contributed by atoms with Crippen molar-refractivity contribution in [3.63, 3.8) is 0 Å². The van der Waals surface area contributed by atoms with Gasteiger partial charge in [0, 0.05) is 6.20 Å². The fourth-order valence-electron chi connectivity index (χ4n) is 1.16. The Bertz CT molecular complexity index is 589. The number of methoxy groups -OCH3 is 1. The first-order valence-corrected chi connectivity index (χ1v) is 7.95. The second-order valence-electron chi connectivity index (χ2n) is 3.71. The lowest BCUT2D eigenvalue weighted by molar-refractivity contribution is -0.597. The van der Waals surface area contributed by atoms with Crippen LogP contribution < -0.4 is 31.0 Å². The number of hydrogen-bond donors (Lipinski definition) is 0. The number of pyridine rings is 1. The van der Waals surface area contributed by atoms with Crippen molar-refractivity contribution >= 4 is 5.97 Å². The average Bonchev–Trinajstić information content (AvgIpc) is 2.49. The fourth-order valence-corrected chi connectivity index (χ4v) is 3.28. The second-order valence-corrected chi connectivity index (χ2v) is 6.74. The van der Waals surface area contributed by atoms with Crippen LogP contribution in [0, 0.1) is 7.14 Å². The zero-order valence-electron chi connectivity index (χ0n) is 11.3. The zero-order valence-corrected chi connectivity index (χ0v) is 13.5. The Morgan fingerprint density at radius 2 is 1.77 bits per heavy atom. The molecule has 0 spiro atoms. The van der Waals surface area contributed by atoms with E-state index in [2.05, 4.69) is 23.2 Å². The Labute approximate surface area is 135 Å². The van der Waals surface area contributed by atoms with E-state index in [4.69, 9.17) is 14.6 Å². The molecule has 0 amide bonds. The highest BCUT2D eigenvalue weighted by atomic mass is 127. The summed E-state index contributed by atoms with van der Waals surface area (Å²) in [7, 11) is 1.69. The molecule has 0 aliphatic rings. The summed E-state index contributed by atoms with van der Waals surface area (Å²) in [5.41, 5.74) is 0. The molecule has 2 aromatic rings. The zero-order chi connectivity index (χ0) is 16.6. The summed E-state index contributed by atoms with van der Waals surface area (Å²) in [4.78, 5) is 12.9. The minimum absolute atomic E-state index is 0.107. The summed E-state index contributed by atoms with van der Waals surface area (Å²) in [6.45, 7) is 0. The molecule has 4 nitrogen and oxygen atoms in total. The predicted molar refractivity (Wildman–Crippen MR) is 65.7 cm³/mol. The third-order valence-corrected chi connectivity index (χ3v) is 4.73. The summed E-state index contributed by atoms with van der Waals surface area (Å²) in [6.07, 6.45) is -1.45. The molecule has 0 bridgehead atoms. The topological polar surface area (TPSA) is 62.2 Å². The molecule has 1 aromatic heterocycles. The van der Waals surface area contributed by atoms with E-state index in [-0.39, 0.29) is 21.2 Å². The van der Waals surface area contributed by atoms with Crippen LogP contribution in [0.2, 0.25) is 0 Å². The molecule has 0 radical (unpaired) electrons. The first kappa shape index (κ1) is 18.2. The maximum absolute atomic E-state index is 10.5. The molecule has 0 aliphatic heterocycles. The molecule has 0 aliphatic carbocycles. The van der Waals surface area contributed by atoms with Crippen molar-refractivity contribution in [1.29, 1.82) is 0 Å². The highest BCUT2D eigenvalue weighted by molar-refractivity contribution is 5.70. The van der Waals surface area contributed by atoms with Crippen LogP contribution in [-0.4, -0.2) is 24.2 Å². The normalized spacial score (nSPS) is 10.4. The number of hydrogen-bond acceptors (Lipinski definition) is 4. The van der Waals surface area contributed by atoms with Gasteiger partial charge in [-0.3, -0.25) is 4.98 Å². The number of aromatic nitrogens is 1. The van der Waals surface area contributed by atoms with Crippen molar-refractivity contribution in [2.75, 3.05) is 7.11 Å². The van der Waals surface area contributed by atoms with Crippen molar-refractivity contribution in [2.45, 2.75) is 6.18 Å². The van der Waals surface area contributed by atoms with Crippen molar-refractivity contribution in [1.82, 2.24) is 4.98 Å². The van der Waals surface area contributed by atoms with Crippen LogP contribution in [0.1, 0.15) is 0 Å². The maximum Gasteiger partial charge on any atom is 0.430 e. The molecule has 118 valence electrons. The van der Waals surface area contributed by atoms with E-state index in [1.165, 1.54) is 7.14 Å². The van der Waals surface area contributed by atoms with Gasteiger partial charge in [-0.05, 0) is 36.4 Å². The number of carbonyl (C=O) groups excluding carboxylic acids is 1. The van der Waals surface area contributed by atoms with Crippen LogP contribution in [-0.2, 0) is 4.79 Å². The van der Waals surface area contributed by atoms with Crippen LogP contribution in [0.15, 0.2) is 48.8 Å². The molecule has 0 unspecified atom stereocenters. The predicted octanol–water partition coefficient (Wildman–Crippen LogP) is -1.48. The summed E-state index contributed by atoms with van der Waals surface area (Å²) in [5, 5.41) is 8.78. The lowest BCUT2D eigenvalue weighted by Crippen LogP contribution is -3.61. The van der Waals surface area contributed by atoms with Crippen LogP contribution >= 0.6 is 0 Å².